The second kappa shape index (κ2) is 12.8. The Balaban J connectivity index is 1.15. The van der Waals surface area contributed by atoms with Crippen LogP contribution in [0.4, 0.5) is 0 Å². The van der Waals surface area contributed by atoms with Gasteiger partial charge in [0, 0.05) is 49.4 Å². The molecule has 5 nitrogen and oxygen atoms in total. The molecule has 0 N–H and O–H groups in total. The molecule has 3 aromatic heterocycles. The van der Waals surface area contributed by atoms with E-state index in [1.807, 2.05) is 42.5 Å². The van der Waals surface area contributed by atoms with Crippen molar-refractivity contribution in [1.29, 1.82) is 0 Å². The molecule has 5 heteroatoms. The predicted molar refractivity (Wildman–Crippen MR) is 238 cm³/mol. The molecule has 0 aliphatic heterocycles. The van der Waals surface area contributed by atoms with E-state index in [0.29, 0.717) is 17.5 Å². The van der Waals surface area contributed by atoms with Crippen molar-refractivity contribution in [1.82, 2.24) is 19.5 Å². The Kier molecular flexibility index (Phi) is 7.16. The van der Waals surface area contributed by atoms with Crippen LogP contribution in [-0.4, -0.2) is 19.5 Å². The topological polar surface area (TPSA) is 56.7 Å². The van der Waals surface area contributed by atoms with E-state index in [9.17, 15) is 0 Å². The molecule has 0 amide bonds. The first-order valence-electron chi connectivity index (χ1n) is 19.5. The maximum absolute atomic E-state index is 6.73. The van der Waals surface area contributed by atoms with Gasteiger partial charge in [-0.15, -0.1) is 0 Å². The molecule has 0 unspecified atom stereocenters. The Morgan fingerprint density at radius 3 is 1.76 bits per heavy atom. The predicted octanol–water partition coefficient (Wildman–Crippen LogP) is 13.8. The van der Waals surface area contributed by atoms with Gasteiger partial charge in [0.25, 0.3) is 0 Å². The van der Waals surface area contributed by atoms with Gasteiger partial charge in [0.2, 0.25) is 0 Å². The van der Waals surface area contributed by atoms with Gasteiger partial charge in [0.1, 0.15) is 11.2 Å². The van der Waals surface area contributed by atoms with E-state index < -0.39 is 0 Å². The maximum atomic E-state index is 6.73. The van der Waals surface area contributed by atoms with Crippen molar-refractivity contribution in [2.75, 3.05) is 0 Å². The SMILES string of the molecule is c1ccc(-c2nc(-c3ccc(-n4c5ccccc5c5cc6ccccc6cc54)c(-c4cccc5c4oc4ccccc45)c3)nc(-c3ccc4ccccc4c3)n2)cc1. The summed E-state index contributed by atoms with van der Waals surface area (Å²) in [4.78, 5) is 15.4. The fraction of sp³-hybridized carbons (Fsp3) is 0. The highest BCUT2D eigenvalue weighted by molar-refractivity contribution is 6.15. The third-order valence-corrected chi connectivity index (χ3v) is 11.4. The molecule has 0 spiro atoms. The summed E-state index contributed by atoms with van der Waals surface area (Å²) in [5.41, 5.74) is 9.72. The highest BCUT2D eigenvalue weighted by atomic mass is 16.3. The molecule has 0 aliphatic rings. The lowest BCUT2D eigenvalue weighted by Gasteiger charge is -2.16. The minimum Gasteiger partial charge on any atom is -0.455 e. The molecule has 9 aromatic carbocycles. The Hall–Kier alpha value is -7.89. The molecular weight excluding hydrogens is 709 g/mol. The summed E-state index contributed by atoms with van der Waals surface area (Å²) >= 11 is 0. The van der Waals surface area contributed by atoms with Crippen molar-refractivity contribution in [3.8, 4) is 51.0 Å². The molecule has 0 saturated carbocycles. The van der Waals surface area contributed by atoms with Crippen molar-refractivity contribution in [2.45, 2.75) is 0 Å². The number of para-hydroxylation sites is 3. The Bertz CT molecular complexity index is 3580. The first-order chi connectivity index (χ1) is 28.7. The van der Waals surface area contributed by atoms with Crippen LogP contribution in [0.2, 0.25) is 0 Å². The fourth-order valence-corrected chi connectivity index (χ4v) is 8.64. The van der Waals surface area contributed by atoms with Crippen LogP contribution in [0.15, 0.2) is 199 Å². The van der Waals surface area contributed by atoms with Crippen molar-refractivity contribution >= 4 is 65.3 Å². The van der Waals surface area contributed by atoms with Gasteiger partial charge in [0.15, 0.2) is 17.5 Å². The maximum Gasteiger partial charge on any atom is 0.164 e. The summed E-state index contributed by atoms with van der Waals surface area (Å²) in [5, 5.41) is 9.27. The first kappa shape index (κ1) is 32.4. The molecule has 0 bridgehead atoms. The largest absolute Gasteiger partial charge is 0.455 e. The monoisotopic (exact) mass is 740 g/mol. The average molecular weight is 741 g/mol. The van der Waals surface area contributed by atoms with Crippen molar-refractivity contribution in [3.63, 3.8) is 0 Å². The second-order valence-electron chi connectivity index (χ2n) is 14.8. The lowest BCUT2D eigenvalue weighted by Crippen LogP contribution is -2.02. The van der Waals surface area contributed by atoms with Crippen molar-refractivity contribution < 1.29 is 4.42 Å². The molecule has 0 atom stereocenters. The Morgan fingerprint density at radius 1 is 0.345 bits per heavy atom. The quantitative estimate of drug-likeness (QED) is 0.176. The number of hydrogen-bond donors (Lipinski definition) is 0. The average Bonchev–Trinajstić information content (AvgIpc) is 3.83. The molecule has 3 heterocycles. The normalized spacial score (nSPS) is 11.8. The van der Waals surface area contributed by atoms with E-state index in [4.69, 9.17) is 19.4 Å². The van der Waals surface area contributed by atoms with Crippen molar-refractivity contribution in [3.05, 3.63) is 194 Å². The third kappa shape index (κ3) is 5.14. The van der Waals surface area contributed by atoms with Crippen LogP contribution in [0.3, 0.4) is 0 Å². The van der Waals surface area contributed by atoms with E-state index in [1.165, 1.54) is 26.9 Å². The van der Waals surface area contributed by atoms with Crippen LogP contribution in [0.5, 0.6) is 0 Å². The number of nitrogens with zero attached hydrogens (tertiary/aromatic N) is 4. The van der Waals surface area contributed by atoms with Crippen LogP contribution < -0.4 is 0 Å². The minimum atomic E-state index is 0.592. The third-order valence-electron chi connectivity index (χ3n) is 11.4. The van der Waals surface area contributed by atoms with Gasteiger partial charge in [-0.1, -0.05) is 146 Å². The number of aromatic nitrogens is 4. The molecule has 0 aliphatic carbocycles. The molecule has 12 aromatic rings. The second-order valence-corrected chi connectivity index (χ2v) is 14.8. The molecule has 12 rings (SSSR count). The molecule has 0 radical (unpaired) electrons. The number of rotatable bonds is 5. The summed E-state index contributed by atoms with van der Waals surface area (Å²) in [7, 11) is 0. The van der Waals surface area contributed by atoms with E-state index in [2.05, 4.69) is 156 Å². The summed E-state index contributed by atoms with van der Waals surface area (Å²) in [5.74, 6) is 1.83. The zero-order chi connectivity index (χ0) is 38.2. The van der Waals surface area contributed by atoms with Crippen LogP contribution in [0.1, 0.15) is 0 Å². The fourth-order valence-electron chi connectivity index (χ4n) is 8.64. The van der Waals surface area contributed by atoms with E-state index >= 15 is 0 Å². The van der Waals surface area contributed by atoms with Crippen LogP contribution in [0, 0.1) is 0 Å². The summed E-state index contributed by atoms with van der Waals surface area (Å²) < 4.78 is 9.13. The van der Waals surface area contributed by atoms with Crippen LogP contribution in [-0.2, 0) is 0 Å². The summed E-state index contributed by atoms with van der Waals surface area (Å²) in [6.07, 6.45) is 0. The summed E-state index contributed by atoms with van der Waals surface area (Å²) in [6.45, 7) is 0. The van der Waals surface area contributed by atoms with Gasteiger partial charge < -0.3 is 8.98 Å². The zero-order valence-corrected chi connectivity index (χ0v) is 31.2. The number of benzene rings is 9. The van der Waals surface area contributed by atoms with Crippen LogP contribution in [0.25, 0.3) is 116 Å². The van der Waals surface area contributed by atoms with E-state index in [-0.39, 0.29) is 0 Å². The highest BCUT2D eigenvalue weighted by Crippen LogP contribution is 2.43. The Morgan fingerprint density at radius 2 is 0.948 bits per heavy atom. The van der Waals surface area contributed by atoms with Gasteiger partial charge >= 0.3 is 0 Å². The van der Waals surface area contributed by atoms with Gasteiger partial charge in [-0.2, -0.15) is 0 Å². The van der Waals surface area contributed by atoms with Gasteiger partial charge in [-0.3, -0.25) is 0 Å². The smallest absolute Gasteiger partial charge is 0.164 e. The first-order valence-corrected chi connectivity index (χ1v) is 19.5. The molecule has 0 fully saturated rings. The number of hydrogen-bond acceptors (Lipinski definition) is 4. The number of fused-ring (bicyclic) bond motifs is 8. The van der Waals surface area contributed by atoms with E-state index in [0.717, 1.165) is 71.9 Å². The molecule has 0 saturated heterocycles. The Labute approximate surface area is 333 Å². The molecular formula is C53H32N4O. The van der Waals surface area contributed by atoms with Crippen LogP contribution >= 0.6 is 0 Å². The summed E-state index contributed by atoms with van der Waals surface area (Å²) in [6, 6.07) is 68.1. The van der Waals surface area contributed by atoms with Gasteiger partial charge in [-0.05, 0) is 70.1 Å². The van der Waals surface area contributed by atoms with Gasteiger partial charge in [0.05, 0.1) is 16.7 Å². The van der Waals surface area contributed by atoms with Gasteiger partial charge in [-0.25, -0.2) is 15.0 Å². The zero-order valence-electron chi connectivity index (χ0n) is 31.2. The van der Waals surface area contributed by atoms with Crippen molar-refractivity contribution in [2.24, 2.45) is 0 Å². The molecule has 58 heavy (non-hydrogen) atoms. The standard InChI is InChI=1S/C53H32N4O/c1-2-14-34(15-3-1)51-54-52(38-26-25-33-13-4-5-16-35(33)29-38)56-53(55-51)39-27-28-47(45(31-39)43-22-12-21-42-41-20-9-11-24-49(41)58-50(42)43)57-46-23-10-8-19-40(46)44-30-36-17-6-7-18-37(36)32-48(44)57/h1-32H. The lowest BCUT2D eigenvalue weighted by molar-refractivity contribution is 0.670. The highest BCUT2D eigenvalue weighted by Gasteiger charge is 2.22. The van der Waals surface area contributed by atoms with E-state index in [1.54, 1.807) is 0 Å². The molecule has 270 valence electrons. The minimum absolute atomic E-state index is 0.592. The number of furan rings is 1. The lowest BCUT2D eigenvalue weighted by atomic mass is 9.97.